The first kappa shape index (κ1) is 12.6. The fraction of sp³-hybridized carbons (Fsp3) is 0.909. The molecule has 78 valence electrons. The number of carbonyl (C=O) groups excluding carboxylic acids is 1. The average molecular weight is 186 g/mol. The normalized spacial score (nSPS) is 12.8. The molecule has 0 aromatic carbocycles. The quantitative estimate of drug-likeness (QED) is 0.545. The number of carbonyl (C=O) groups is 1. The highest BCUT2D eigenvalue weighted by atomic mass is 16.5. The summed E-state index contributed by atoms with van der Waals surface area (Å²) in [5.74, 6) is 0.925. The summed E-state index contributed by atoms with van der Waals surface area (Å²) in [5.41, 5.74) is 0. The zero-order valence-corrected chi connectivity index (χ0v) is 9.14. The van der Waals surface area contributed by atoms with Crippen LogP contribution in [-0.2, 0) is 9.53 Å². The highest BCUT2D eigenvalue weighted by Gasteiger charge is 2.06. The minimum Gasteiger partial charge on any atom is -0.382 e. The van der Waals surface area contributed by atoms with Crippen molar-refractivity contribution in [2.75, 3.05) is 13.2 Å². The Kier molecular flexibility index (Phi) is 8.00. The molecule has 0 bridgehead atoms. The second kappa shape index (κ2) is 8.24. The third-order valence-corrected chi connectivity index (χ3v) is 2.22. The third kappa shape index (κ3) is 7.97. The lowest BCUT2D eigenvalue weighted by Gasteiger charge is -2.06. The third-order valence-electron chi connectivity index (χ3n) is 2.22. The SMILES string of the molecule is CCOCCCC(=O)CC(C)CC. The molecule has 2 heteroatoms. The first-order valence-electron chi connectivity index (χ1n) is 5.30. The molecule has 0 spiro atoms. The number of hydrogen-bond donors (Lipinski definition) is 0. The molecular formula is C11H22O2. The minimum absolute atomic E-state index is 0.383. The predicted octanol–water partition coefficient (Wildman–Crippen LogP) is 2.81. The zero-order valence-electron chi connectivity index (χ0n) is 9.14. The maximum absolute atomic E-state index is 11.3. The Bertz CT molecular complexity index is 132. The van der Waals surface area contributed by atoms with Crippen LogP contribution in [0.4, 0.5) is 0 Å². The van der Waals surface area contributed by atoms with E-state index < -0.39 is 0 Å². The highest BCUT2D eigenvalue weighted by molar-refractivity contribution is 5.78. The molecule has 13 heavy (non-hydrogen) atoms. The van der Waals surface area contributed by atoms with Crippen LogP contribution >= 0.6 is 0 Å². The Morgan fingerprint density at radius 1 is 1.38 bits per heavy atom. The summed E-state index contributed by atoms with van der Waals surface area (Å²) in [6.07, 6.45) is 3.40. The molecular weight excluding hydrogens is 164 g/mol. The van der Waals surface area contributed by atoms with Gasteiger partial charge in [-0.3, -0.25) is 4.79 Å². The second-order valence-corrected chi connectivity index (χ2v) is 3.56. The van der Waals surface area contributed by atoms with Crippen molar-refractivity contribution >= 4 is 5.78 Å². The maximum atomic E-state index is 11.3. The van der Waals surface area contributed by atoms with Crippen LogP contribution in [0.3, 0.4) is 0 Å². The van der Waals surface area contributed by atoms with E-state index in [9.17, 15) is 4.79 Å². The van der Waals surface area contributed by atoms with E-state index in [1.54, 1.807) is 0 Å². The van der Waals surface area contributed by atoms with Crippen LogP contribution in [0.5, 0.6) is 0 Å². The lowest BCUT2D eigenvalue weighted by atomic mass is 10.00. The van der Waals surface area contributed by atoms with Gasteiger partial charge in [0.15, 0.2) is 0 Å². The Morgan fingerprint density at radius 3 is 2.62 bits per heavy atom. The lowest BCUT2D eigenvalue weighted by Crippen LogP contribution is -2.06. The van der Waals surface area contributed by atoms with Crippen molar-refractivity contribution in [3.05, 3.63) is 0 Å². The van der Waals surface area contributed by atoms with Gasteiger partial charge >= 0.3 is 0 Å². The Hall–Kier alpha value is -0.370. The molecule has 2 nitrogen and oxygen atoms in total. The summed E-state index contributed by atoms with van der Waals surface area (Å²) in [4.78, 5) is 11.3. The van der Waals surface area contributed by atoms with Crippen molar-refractivity contribution < 1.29 is 9.53 Å². The van der Waals surface area contributed by atoms with Crippen LogP contribution in [0.1, 0.15) is 46.5 Å². The molecule has 1 atom stereocenters. The van der Waals surface area contributed by atoms with Gasteiger partial charge in [-0.2, -0.15) is 0 Å². The van der Waals surface area contributed by atoms with Gasteiger partial charge in [-0.1, -0.05) is 20.3 Å². The van der Waals surface area contributed by atoms with E-state index in [2.05, 4.69) is 13.8 Å². The summed E-state index contributed by atoms with van der Waals surface area (Å²) >= 11 is 0. The van der Waals surface area contributed by atoms with Gasteiger partial charge in [-0.05, 0) is 19.3 Å². The zero-order chi connectivity index (χ0) is 10.1. The van der Waals surface area contributed by atoms with Crippen LogP contribution in [0.2, 0.25) is 0 Å². The molecule has 0 aliphatic rings. The molecule has 0 fully saturated rings. The van der Waals surface area contributed by atoms with Crippen molar-refractivity contribution in [3.63, 3.8) is 0 Å². The predicted molar refractivity (Wildman–Crippen MR) is 54.8 cm³/mol. The molecule has 0 rings (SSSR count). The van der Waals surface area contributed by atoms with Crippen molar-refractivity contribution in [1.29, 1.82) is 0 Å². The van der Waals surface area contributed by atoms with Gasteiger partial charge in [0, 0.05) is 26.1 Å². The molecule has 0 amide bonds. The lowest BCUT2D eigenvalue weighted by molar-refractivity contribution is -0.120. The molecule has 0 radical (unpaired) electrons. The van der Waals surface area contributed by atoms with Crippen LogP contribution in [0, 0.1) is 5.92 Å². The van der Waals surface area contributed by atoms with Gasteiger partial charge in [0.25, 0.3) is 0 Å². The fourth-order valence-electron chi connectivity index (χ4n) is 1.15. The fourth-order valence-corrected chi connectivity index (χ4v) is 1.15. The minimum atomic E-state index is 0.383. The van der Waals surface area contributed by atoms with E-state index in [0.717, 1.165) is 32.5 Å². The van der Waals surface area contributed by atoms with Gasteiger partial charge in [0.1, 0.15) is 5.78 Å². The number of rotatable bonds is 8. The summed E-state index contributed by atoms with van der Waals surface area (Å²) < 4.78 is 5.16. The summed E-state index contributed by atoms with van der Waals surface area (Å²) in [6.45, 7) is 7.70. The van der Waals surface area contributed by atoms with Crippen LogP contribution < -0.4 is 0 Å². The van der Waals surface area contributed by atoms with E-state index >= 15 is 0 Å². The first-order valence-corrected chi connectivity index (χ1v) is 5.30. The number of ketones is 1. The van der Waals surface area contributed by atoms with E-state index in [4.69, 9.17) is 4.74 Å². The van der Waals surface area contributed by atoms with Gasteiger partial charge in [0.05, 0.1) is 0 Å². The number of ether oxygens (including phenoxy) is 1. The smallest absolute Gasteiger partial charge is 0.133 e. The molecule has 0 aliphatic carbocycles. The van der Waals surface area contributed by atoms with Gasteiger partial charge in [-0.25, -0.2) is 0 Å². The van der Waals surface area contributed by atoms with E-state index in [0.29, 0.717) is 18.1 Å². The first-order chi connectivity index (χ1) is 6.20. The molecule has 0 N–H and O–H groups in total. The Morgan fingerprint density at radius 2 is 2.08 bits per heavy atom. The monoisotopic (exact) mass is 186 g/mol. The van der Waals surface area contributed by atoms with Crippen LogP contribution in [0.25, 0.3) is 0 Å². The van der Waals surface area contributed by atoms with E-state index in [1.165, 1.54) is 0 Å². The van der Waals surface area contributed by atoms with Crippen LogP contribution in [0.15, 0.2) is 0 Å². The van der Waals surface area contributed by atoms with E-state index in [1.807, 2.05) is 6.92 Å². The van der Waals surface area contributed by atoms with Gasteiger partial charge < -0.3 is 4.74 Å². The molecule has 0 aromatic heterocycles. The molecule has 0 saturated carbocycles. The Balaban J connectivity index is 3.30. The number of hydrogen-bond acceptors (Lipinski definition) is 2. The van der Waals surface area contributed by atoms with Crippen molar-refractivity contribution in [1.82, 2.24) is 0 Å². The highest BCUT2D eigenvalue weighted by Crippen LogP contribution is 2.09. The van der Waals surface area contributed by atoms with Crippen molar-refractivity contribution in [2.24, 2.45) is 5.92 Å². The molecule has 1 unspecified atom stereocenters. The van der Waals surface area contributed by atoms with Crippen molar-refractivity contribution in [2.45, 2.75) is 46.5 Å². The molecule has 0 aliphatic heterocycles. The molecule has 0 saturated heterocycles. The summed E-state index contributed by atoms with van der Waals surface area (Å²) in [6, 6.07) is 0. The second-order valence-electron chi connectivity index (χ2n) is 3.56. The molecule has 0 heterocycles. The van der Waals surface area contributed by atoms with Crippen LogP contribution in [-0.4, -0.2) is 19.0 Å². The number of Topliss-reactive ketones (excluding diaryl/α,β-unsaturated/α-hetero) is 1. The molecule has 0 aromatic rings. The Labute approximate surface area is 81.7 Å². The van der Waals surface area contributed by atoms with E-state index in [-0.39, 0.29) is 0 Å². The van der Waals surface area contributed by atoms with Crippen molar-refractivity contribution in [3.8, 4) is 0 Å². The topological polar surface area (TPSA) is 26.3 Å². The van der Waals surface area contributed by atoms with Gasteiger partial charge in [-0.15, -0.1) is 0 Å². The average Bonchev–Trinajstić information content (AvgIpc) is 2.12. The maximum Gasteiger partial charge on any atom is 0.133 e. The standard InChI is InChI=1S/C11H22O2/c1-4-10(3)9-11(12)7-6-8-13-5-2/h10H,4-9H2,1-3H3. The summed E-state index contributed by atoms with van der Waals surface area (Å²) in [7, 11) is 0. The largest absolute Gasteiger partial charge is 0.382 e. The van der Waals surface area contributed by atoms with Gasteiger partial charge in [0.2, 0.25) is 0 Å². The summed E-state index contributed by atoms with van der Waals surface area (Å²) in [5, 5.41) is 0.